The summed E-state index contributed by atoms with van der Waals surface area (Å²) in [5.74, 6) is 1.22. The highest BCUT2D eigenvalue weighted by Gasteiger charge is 2.13. The molecule has 0 radical (unpaired) electrons. The van der Waals surface area contributed by atoms with Gasteiger partial charge in [-0.25, -0.2) is 4.98 Å². The Morgan fingerprint density at radius 1 is 1.11 bits per heavy atom. The Morgan fingerprint density at radius 2 is 1.89 bits per heavy atom. The van der Waals surface area contributed by atoms with E-state index in [1.807, 2.05) is 49.4 Å². The summed E-state index contributed by atoms with van der Waals surface area (Å²) in [6.45, 7) is 3.42. The normalized spacial score (nSPS) is 10.9. The van der Waals surface area contributed by atoms with Gasteiger partial charge in [-0.1, -0.05) is 42.5 Å². The van der Waals surface area contributed by atoms with Gasteiger partial charge in [0.15, 0.2) is 11.6 Å². The van der Waals surface area contributed by atoms with Crippen molar-refractivity contribution in [3.63, 3.8) is 0 Å². The number of hydrogen-bond donors (Lipinski definition) is 1. The molecular formula is C21H18N4O3. The molecule has 4 aromatic rings. The topological polar surface area (TPSA) is 89.4 Å². The van der Waals surface area contributed by atoms with Gasteiger partial charge in [0.25, 0.3) is 11.3 Å². The minimum absolute atomic E-state index is 0.0585. The lowest BCUT2D eigenvalue weighted by Crippen LogP contribution is -2.17. The number of carbonyl (C=O) groups excluding carboxylic acids is 1. The van der Waals surface area contributed by atoms with Crippen molar-refractivity contribution in [3.8, 4) is 17.1 Å². The fourth-order valence-electron chi connectivity index (χ4n) is 3.09. The lowest BCUT2D eigenvalue weighted by molar-refractivity contribution is 0.101. The maximum absolute atomic E-state index is 12.4. The molecular weight excluding hydrogens is 356 g/mol. The van der Waals surface area contributed by atoms with E-state index in [0.717, 1.165) is 11.1 Å². The lowest BCUT2D eigenvalue weighted by atomic mass is 10.0. The maximum atomic E-state index is 12.4. The number of carbonyl (C=O) groups is 1. The van der Waals surface area contributed by atoms with E-state index < -0.39 is 0 Å². The van der Waals surface area contributed by atoms with Gasteiger partial charge < -0.3 is 4.74 Å². The monoisotopic (exact) mass is 374 g/mol. The molecule has 0 saturated heterocycles. The number of ether oxygens (including phenoxy) is 1. The van der Waals surface area contributed by atoms with Crippen molar-refractivity contribution in [1.29, 1.82) is 0 Å². The fraction of sp³-hybridized carbons (Fsp3) is 0.143. The van der Waals surface area contributed by atoms with Crippen molar-refractivity contribution >= 4 is 11.6 Å². The Kier molecular flexibility index (Phi) is 4.49. The number of benzene rings is 2. The van der Waals surface area contributed by atoms with Gasteiger partial charge in [-0.05, 0) is 25.5 Å². The number of fused-ring (bicyclic) bond motifs is 1. The number of hydrogen-bond acceptors (Lipinski definition) is 5. The molecule has 0 unspecified atom stereocenters. The highest BCUT2D eigenvalue weighted by Crippen LogP contribution is 2.23. The van der Waals surface area contributed by atoms with Gasteiger partial charge in [-0.15, -0.1) is 0 Å². The van der Waals surface area contributed by atoms with Gasteiger partial charge in [-0.2, -0.15) is 9.50 Å². The van der Waals surface area contributed by atoms with E-state index in [9.17, 15) is 9.59 Å². The first-order valence-electron chi connectivity index (χ1n) is 8.80. The van der Waals surface area contributed by atoms with Crippen LogP contribution in [0.2, 0.25) is 0 Å². The van der Waals surface area contributed by atoms with E-state index in [1.54, 1.807) is 6.07 Å². The van der Waals surface area contributed by atoms with E-state index in [0.29, 0.717) is 22.8 Å². The first-order chi connectivity index (χ1) is 13.5. The van der Waals surface area contributed by atoms with Crippen LogP contribution in [-0.2, 0) is 6.61 Å². The molecule has 2 aromatic heterocycles. The molecule has 2 heterocycles. The summed E-state index contributed by atoms with van der Waals surface area (Å²) in [4.78, 5) is 33.1. The largest absolute Gasteiger partial charge is 0.487 e. The summed E-state index contributed by atoms with van der Waals surface area (Å²) in [5, 5.41) is 2.96. The highest BCUT2D eigenvalue weighted by molar-refractivity contribution is 5.98. The molecule has 4 rings (SSSR count). The number of aromatic nitrogens is 4. The summed E-state index contributed by atoms with van der Waals surface area (Å²) >= 11 is 0. The Balaban J connectivity index is 1.65. The van der Waals surface area contributed by atoms with Crippen molar-refractivity contribution in [2.75, 3.05) is 0 Å². The van der Waals surface area contributed by atoms with E-state index >= 15 is 0 Å². The number of nitrogens with zero attached hydrogens (tertiary/aromatic N) is 3. The van der Waals surface area contributed by atoms with E-state index in [4.69, 9.17) is 4.74 Å². The molecule has 140 valence electrons. The minimum Gasteiger partial charge on any atom is -0.487 e. The van der Waals surface area contributed by atoms with Crippen molar-refractivity contribution in [1.82, 2.24) is 19.6 Å². The average Bonchev–Trinajstić information content (AvgIpc) is 3.11. The number of aromatic amines is 1. The van der Waals surface area contributed by atoms with Crippen LogP contribution in [0.4, 0.5) is 0 Å². The molecule has 2 aromatic carbocycles. The van der Waals surface area contributed by atoms with E-state index in [-0.39, 0.29) is 23.7 Å². The van der Waals surface area contributed by atoms with Gasteiger partial charge in [0.2, 0.25) is 0 Å². The smallest absolute Gasteiger partial charge is 0.274 e. The third-order valence-electron chi connectivity index (χ3n) is 4.39. The molecule has 0 fully saturated rings. The number of rotatable bonds is 5. The SMILES string of the molecule is CC(=O)c1c(C)cccc1OCc1cc(=O)n2[nH]c(-c3ccccc3)nc2n1. The Bertz CT molecular complexity index is 1230. The van der Waals surface area contributed by atoms with Crippen LogP contribution in [0.5, 0.6) is 5.75 Å². The van der Waals surface area contributed by atoms with Crippen LogP contribution in [0.3, 0.4) is 0 Å². The zero-order chi connectivity index (χ0) is 19.7. The quantitative estimate of drug-likeness (QED) is 0.542. The molecule has 7 heteroatoms. The van der Waals surface area contributed by atoms with Crippen LogP contribution in [0.1, 0.15) is 28.5 Å². The second-order valence-corrected chi connectivity index (χ2v) is 6.45. The molecule has 0 amide bonds. The molecule has 1 N–H and O–H groups in total. The molecule has 0 aliphatic carbocycles. The summed E-state index contributed by atoms with van der Waals surface area (Å²) < 4.78 is 7.08. The van der Waals surface area contributed by atoms with Crippen molar-refractivity contribution in [3.05, 3.63) is 81.8 Å². The third-order valence-corrected chi connectivity index (χ3v) is 4.39. The number of ketones is 1. The standard InChI is InChI=1S/C21H18N4O3/c1-13-7-6-10-17(19(13)14(2)26)28-12-16-11-18(27)25-21(22-16)23-20(24-25)15-8-4-3-5-9-15/h3-11H,12H2,1-2H3,(H,22,23,24). The van der Waals surface area contributed by atoms with Crippen LogP contribution in [-0.4, -0.2) is 25.4 Å². The average molecular weight is 374 g/mol. The molecule has 0 aliphatic rings. The molecule has 0 spiro atoms. The van der Waals surface area contributed by atoms with E-state index in [1.165, 1.54) is 17.5 Å². The van der Waals surface area contributed by atoms with Crippen molar-refractivity contribution in [2.45, 2.75) is 20.5 Å². The van der Waals surface area contributed by atoms with Crippen LogP contribution >= 0.6 is 0 Å². The predicted molar refractivity (Wildman–Crippen MR) is 105 cm³/mol. The zero-order valence-electron chi connectivity index (χ0n) is 15.5. The fourth-order valence-corrected chi connectivity index (χ4v) is 3.09. The molecule has 28 heavy (non-hydrogen) atoms. The van der Waals surface area contributed by atoms with Crippen molar-refractivity contribution < 1.29 is 9.53 Å². The van der Waals surface area contributed by atoms with Gasteiger partial charge in [0.05, 0.1) is 11.3 Å². The van der Waals surface area contributed by atoms with Gasteiger partial charge in [0, 0.05) is 11.6 Å². The van der Waals surface area contributed by atoms with Crippen LogP contribution in [0.15, 0.2) is 59.4 Å². The molecule has 0 bridgehead atoms. The molecule has 0 aliphatic heterocycles. The van der Waals surface area contributed by atoms with Crippen molar-refractivity contribution in [2.24, 2.45) is 0 Å². The Hall–Kier alpha value is -3.74. The van der Waals surface area contributed by atoms with Gasteiger partial charge in [0.1, 0.15) is 12.4 Å². The number of aryl methyl sites for hydroxylation is 1. The highest BCUT2D eigenvalue weighted by atomic mass is 16.5. The first kappa shape index (κ1) is 17.7. The van der Waals surface area contributed by atoms with E-state index in [2.05, 4.69) is 15.1 Å². The molecule has 7 nitrogen and oxygen atoms in total. The zero-order valence-corrected chi connectivity index (χ0v) is 15.5. The second-order valence-electron chi connectivity index (χ2n) is 6.45. The summed E-state index contributed by atoms with van der Waals surface area (Å²) in [6, 6.07) is 16.3. The Morgan fingerprint density at radius 3 is 2.64 bits per heavy atom. The third kappa shape index (κ3) is 3.29. The lowest BCUT2D eigenvalue weighted by Gasteiger charge is -2.11. The van der Waals surface area contributed by atoms with Crippen LogP contribution < -0.4 is 10.3 Å². The Labute approximate surface area is 160 Å². The van der Waals surface area contributed by atoms with Gasteiger partial charge >= 0.3 is 0 Å². The molecule has 0 atom stereocenters. The predicted octanol–water partition coefficient (Wildman–Crippen LogP) is 3.17. The summed E-state index contributed by atoms with van der Waals surface area (Å²) in [7, 11) is 0. The number of nitrogens with one attached hydrogen (secondary N) is 1. The van der Waals surface area contributed by atoms with Crippen LogP contribution in [0.25, 0.3) is 17.2 Å². The first-order valence-corrected chi connectivity index (χ1v) is 8.80. The second kappa shape index (κ2) is 7.11. The summed E-state index contributed by atoms with van der Waals surface area (Å²) in [5.41, 5.74) is 2.39. The van der Waals surface area contributed by atoms with Crippen LogP contribution in [0, 0.1) is 6.92 Å². The maximum Gasteiger partial charge on any atom is 0.274 e. The van der Waals surface area contributed by atoms with Gasteiger partial charge in [-0.3, -0.25) is 14.7 Å². The molecule has 0 saturated carbocycles. The minimum atomic E-state index is -0.283. The number of H-pyrrole nitrogens is 1. The summed E-state index contributed by atoms with van der Waals surface area (Å²) in [6.07, 6.45) is 0. The number of Topliss-reactive ketones (excluding diaryl/α,β-unsaturated/α-hetero) is 1.